The zero-order valence-electron chi connectivity index (χ0n) is 10.9. The van der Waals surface area contributed by atoms with Gasteiger partial charge in [-0.3, -0.25) is 0 Å². The minimum atomic E-state index is -4.33. The van der Waals surface area contributed by atoms with Gasteiger partial charge in [-0.2, -0.15) is 13.2 Å². The topological polar surface area (TPSA) is 21.3 Å². The Kier molecular flexibility index (Phi) is 7.09. The van der Waals surface area contributed by atoms with E-state index in [9.17, 15) is 13.2 Å². The summed E-state index contributed by atoms with van der Waals surface area (Å²) in [5, 5.41) is 3.99. The fourth-order valence-corrected chi connectivity index (χ4v) is 2.19. The number of ether oxygens (including phenoxy) is 1. The van der Waals surface area contributed by atoms with E-state index in [0.29, 0.717) is 22.2 Å². The highest BCUT2D eigenvalue weighted by atomic mass is 35.5. The standard InChI is InChI=1S/C13H16Cl2F3NO/c1-2-5-19-12(7-20-8-13(16,17)18)10-4-3-9(14)6-11(10)15/h3-4,6,12,19H,2,5,7-8H2,1H3. The summed E-state index contributed by atoms with van der Waals surface area (Å²) in [4.78, 5) is 0. The molecule has 1 aromatic rings. The van der Waals surface area contributed by atoms with E-state index < -0.39 is 18.8 Å². The fraction of sp³-hybridized carbons (Fsp3) is 0.538. The van der Waals surface area contributed by atoms with E-state index in [4.69, 9.17) is 27.9 Å². The summed E-state index contributed by atoms with van der Waals surface area (Å²) in [6.07, 6.45) is -3.49. The number of halogens is 5. The average molecular weight is 330 g/mol. The molecule has 0 aliphatic carbocycles. The fourth-order valence-electron chi connectivity index (χ4n) is 1.65. The number of alkyl halides is 3. The molecule has 1 unspecified atom stereocenters. The molecule has 0 aliphatic heterocycles. The Hall–Kier alpha value is -0.490. The molecule has 114 valence electrons. The van der Waals surface area contributed by atoms with E-state index in [1.807, 2.05) is 6.92 Å². The van der Waals surface area contributed by atoms with Crippen LogP contribution in [0.1, 0.15) is 24.9 Å². The third-order valence-electron chi connectivity index (χ3n) is 2.53. The van der Waals surface area contributed by atoms with Gasteiger partial charge >= 0.3 is 6.18 Å². The Bertz CT molecular complexity index is 427. The van der Waals surface area contributed by atoms with E-state index in [1.165, 1.54) is 0 Å². The van der Waals surface area contributed by atoms with Crippen LogP contribution in [0.25, 0.3) is 0 Å². The molecule has 0 aromatic heterocycles. The van der Waals surface area contributed by atoms with Crippen molar-refractivity contribution in [3.8, 4) is 0 Å². The summed E-state index contributed by atoms with van der Waals surface area (Å²) >= 11 is 11.9. The minimum absolute atomic E-state index is 0.110. The Balaban J connectivity index is 2.72. The molecule has 0 bridgehead atoms. The maximum Gasteiger partial charge on any atom is 0.411 e. The molecule has 0 aliphatic rings. The van der Waals surface area contributed by atoms with Crippen LogP contribution in [0.15, 0.2) is 18.2 Å². The van der Waals surface area contributed by atoms with E-state index in [-0.39, 0.29) is 6.61 Å². The second kappa shape index (κ2) is 8.08. The predicted molar refractivity (Wildman–Crippen MR) is 74.4 cm³/mol. The van der Waals surface area contributed by atoms with Gasteiger partial charge in [-0.1, -0.05) is 36.2 Å². The lowest BCUT2D eigenvalue weighted by molar-refractivity contribution is -0.175. The first-order chi connectivity index (χ1) is 9.33. The molecule has 7 heteroatoms. The summed E-state index contributed by atoms with van der Waals surface area (Å²) in [6.45, 7) is 1.23. The smallest absolute Gasteiger partial charge is 0.370 e. The van der Waals surface area contributed by atoms with Gasteiger partial charge in [0.2, 0.25) is 0 Å². The number of hydrogen-bond donors (Lipinski definition) is 1. The molecule has 0 saturated heterocycles. The Morgan fingerprint density at radius 1 is 1.30 bits per heavy atom. The predicted octanol–water partition coefficient (Wildman–Crippen LogP) is 4.61. The quantitative estimate of drug-likeness (QED) is 0.788. The molecule has 0 amide bonds. The first kappa shape index (κ1) is 17.6. The highest BCUT2D eigenvalue weighted by Crippen LogP contribution is 2.27. The van der Waals surface area contributed by atoms with Crippen LogP contribution in [0, 0.1) is 0 Å². The Morgan fingerprint density at radius 3 is 2.55 bits per heavy atom. The summed E-state index contributed by atoms with van der Waals surface area (Å²) in [7, 11) is 0. The van der Waals surface area contributed by atoms with Crippen molar-refractivity contribution in [2.75, 3.05) is 19.8 Å². The second-order valence-corrected chi connectivity index (χ2v) is 5.15. The molecule has 1 aromatic carbocycles. The van der Waals surface area contributed by atoms with Crippen LogP contribution in [-0.4, -0.2) is 25.9 Å². The monoisotopic (exact) mass is 329 g/mol. The average Bonchev–Trinajstić information content (AvgIpc) is 2.33. The zero-order valence-corrected chi connectivity index (χ0v) is 12.4. The van der Waals surface area contributed by atoms with Gasteiger partial charge in [0.25, 0.3) is 0 Å². The van der Waals surface area contributed by atoms with Crippen molar-refractivity contribution < 1.29 is 17.9 Å². The van der Waals surface area contributed by atoms with E-state index >= 15 is 0 Å². The van der Waals surface area contributed by atoms with Gasteiger partial charge in [-0.25, -0.2) is 0 Å². The molecule has 0 spiro atoms. The van der Waals surface area contributed by atoms with Crippen LogP contribution in [-0.2, 0) is 4.74 Å². The Morgan fingerprint density at radius 2 is 2.00 bits per heavy atom. The highest BCUT2D eigenvalue weighted by Gasteiger charge is 2.28. The molecule has 0 fully saturated rings. The lowest BCUT2D eigenvalue weighted by Gasteiger charge is -2.21. The molecular weight excluding hydrogens is 314 g/mol. The van der Waals surface area contributed by atoms with Crippen LogP contribution in [0.3, 0.4) is 0 Å². The summed E-state index contributed by atoms with van der Waals surface area (Å²) in [6, 6.07) is 4.49. The van der Waals surface area contributed by atoms with Gasteiger partial charge in [0.1, 0.15) is 6.61 Å². The van der Waals surface area contributed by atoms with Crippen molar-refractivity contribution in [1.29, 1.82) is 0 Å². The van der Waals surface area contributed by atoms with Gasteiger partial charge < -0.3 is 10.1 Å². The molecule has 1 atom stereocenters. The molecule has 1 rings (SSSR count). The number of hydrogen-bond acceptors (Lipinski definition) is 2. The zero-order chi connectivity index (χ0) is 15.2. The first-order valence-electron chi connectivity index (χ1n) is 6.16. The lowest BCUT2D eigenvalue weighted by Crippen LogP contribution is -2.28. The van der Waals surface area contributed by atoms with Crippen molar-refractivity contribution >= 4 is 23.2 Å². The molecule has 20 heavy (non-hydrogen) atoms. The van der Waals surface area contributed by atoms with Crippen LogP contribution in [0.2, 0.25) is 10.0 Å². The van der Waals surface area contributed by atoms with Gasteiger partial charge in [0, 0.05) is 10.0 Å². The van der Waals surface area contributed by atoms with Gasteiger partial charge in [0.15, 0.2) is 0 Å². The molecule has 1 N–H and O–H groups in total. The normalized spacial score (nSPS) is 13.5. The van der Waals surface area contributed by atoms with Gasteiger partial charge in [-0.05, 0) is 30.7 Å². The molecule has 0 saturated carbocycles. The lowest BCUT2D eigenvalue weighted by atomic mass is 10.1. The SMILES string of the molecule is CCCNC(COCC(F)(F)F)c1ccc(Cl)cc1Cl. The van der Waals surface area contributed by atoms with Crippen LogP contribution in [0.5, 0.6) is 0 Å². The molecule has 2 nitrogen and oxygen atoms in total. The number of rotatable bonds is 7. The molecular formula is C13H16Cl2F3NO. The van der Waals surface area contributed by atoms with Crippen LogP contribution in [0.4, 0.5) is 13.2 Å². The number of benzene rings is 1. The van der Waals surface area contributed by atoms with Crippen LogP contribution >= 0.6 is 23.2 Å². The van der Waals surface area contributed by atoms with Crippen molar-refractivity contribution in [3.63, 3.8) is 0 Å². The maximum atomic E-state index is 12.1. The van der Waals surface area contributed by atoms with Crippen molar-refractivity contribution in [2.45, 2.75) is 25.6 Å². The second-order valence-electron chi connectivity index (χ2n) is 4.30. The first-order valence-corrected chi connectivity index (χ1v) is 6.92. The minimum Gasteiger partial charge on any atom is -0.370 e. The van der Waals surface area contributed by atoms with Gasteiger partial charge in [-0.15, -0.1) is 0 Å². The molecule has 0 heterocycles. The van der Waals surface area contributed by atoms with Crippen molar-refractivity contribution in [2.24, 2.45) is 0 Å². The third-order valence-corrected chi connectivity index (χ3v) is 3.09. The van der Waals surface area contributed by atoms with Crippen molar-refractivity contribution in [1.82, 2.24) is 5.32 Å². The van der Waals surface area contributed by atoms with Crippen molar-refractivity contribution in [3.05, 3.63) is 33.8 Å². The largest absolute Gasteiger partial charge is 0.411 e. The third kappa shape index (κ3) is 6.31. The maximum absolute atomic E-state index is 12.1. The highest BCUT2D eigenvalue weighted by molar-refractivity contribution is 6.35. The number of nitrogens with one attached hydrogen (secondary N) is 1. The van der Waals surface area contributed by atoms with Gasteiger partial charge in [0.05, 0.1) is 12.6 Å². The van der Waals surface area contributed by atoms with E-state index in [1.54, 1.807) is 18.2 Å². The van der Waals surface area contributed by atoms with E-state index in [0.717, 1.165) is 6.42 Å². The summed E-state index contributed by atoms with van der Waals surface area (Å²) < 4.78 is 41.0. The Labute approximate surface area is 126 Å². The summed E-state index contributed by atoms with van der Waals surface area (Å²) in [5.41, 5.74) is 0.673. The summed E-state index contributed by atoms with van der Waals surface area (Å²) in [5.74, 6) is 0. The van der Waals surface area contributed by atoms with Crippen LogP contribution < -0.4 is 5.32 Å². The molecule has 0 radical (unpaired) electrons. The van der Waals surface area contributed by atoms with E-state index in [2.05, 4.69) is 5.32 Å².